The van der Waals surface area contributed by atoms with Crippen LogP contribution in [0.2, 0.25) is 0 Å². The topological polar surface area (TPSA) is 34.9 Å². The normalized spacial score (nSPS) is 16.2. The largest absolute Gasteiger partial charge is 0.327 e. The summed E-state index contributed by atoms with van der Waals surface area (Å²) in [6, 6.07) is 0. The van der Waals surface area contributed by atoms with Crippen molar-refractivity contribution in [2.24, 2.45) is 0 Å². The average molecular weight is 122 g/mol. The van der Waals surface area contributed by atoms with Crippen LogP contribution < -0.4 is 0 Å². The lowest BCUT2D eigenvalue weighted by molar-refractivity contribution is -0.117. The van der Waals surface area contributed by atoms with Crippen LogP contribution in [0.15, 0.2) is 12.4 Å². The maximum absolute atomic E-state index is 10.7. The average Bonchev–Trinajstić information content (AvgIpc) is 2.22. The number of carbonyl (C=O) groups excluding carboxylic acids is 1. The summed E-state index contributed by atoms with van der Waals surface area (Å²) >= 11 is 0. The van der Waals surface area contributed by atoms with Gasteiger partial charge in [0.05, 0.1) is 13.0 Å². The van der Waals surface area contributed by atoms with E-state index in [2.05, 4.69) is 4.98 Å². The Kier molecular flexibility index (Phi) is 0.754. The van der Waals surface area contributed by atoms with Crippen molar-refractivity contribution in [1.82, 2.24) is 9.55 Å². The molecule has 0 spiro atoms. The summed E-state index contributed by atoms with van der Waals surface area (Å²) in [5.74, 6) is 1.16. The number of imidazole rings is 1. The number of rotatable bonds is 0. The smallest absolute Gasteiger partial charge is 0.160 e. The molecule has 3 nitrogen and oxygen atoms in total. The first-order valence-electron chi connectivity index (χ1n) is 2.88. The van der Waals surface area contributed by atoms with Gasteiger partial charge in [0.2, 0.25) is 0 Å². The van der Waals surface area contributed by atoms with Crippen LogP contribution in [-0.2, 0) is 17.8 Å². The van der Waals surface area contributed by atoms with Crippen molar-refractivity contribution >= 4 is 5.78 Å². The Balaban J connectivity index is 2.49. The van der Waals surface area contributed by atoms with Gasteiger partial charge in [-0.15, -0.1) is 0 Å². The Hall–Kier alpha value is -1.12. The molecule has 0 amide bonds. The number of nitrogens with zero attached hydrogens (tertiary/aromatic N) is 2. The van der Waals surface area contributed by atoms with Crippen LogP contribution >= 0.6 is 0 Å². The minimum absolute atomic E-state index is 0.262. The number of hydrogen-bond acceptors (Lipinski definition) is 2. The summed E-state index contributed by atoms with van der Waals surface area (Å²) in [5.41, 5.74) is 0. The molecule has 2 rings (SSSR count). The van der Waals surface area contributed by atoms with E-state index in [4.69, 9.17) is 0 Å². The van der Waals surface area contributed by atoms with Crippen LogP contribution in [0.1, 0.15) is 5.82 Å². The van der Waals surface area contributed by atoms with E-state index in [1.807, 2.05) is 10.8 Å². The van der Waals surface area contributed by atoms with Gasteiger partial charge in [-0.2, -0.15) is 0 Å². The number of ketones is 1. The van der Waals surface area contributed by atoms with Crippen molar-refractivity contribution in [3.8, 4) is 0 Å². The lowest BCUT2D eigenvalue weighted by Crippen LogP contribution is -1.97. The number of hydrogen-bond donors (Lipinski definition) is 0. The second-order valence-electron chi connectivity index (χ2n) is 2.19. The molecule has 1 aromatic rings. The summed E-state index contributed by atoms with van der Waals surface area (Å²) in [5, 5.41) is 0. The first-order chi connectivity index (χ1) is 4.36. The monoisotopic (exact) mass is 122 g/mol. The molecule has 0 N–H and O–H groups in total. The molecule has 0 unspecified atom stereocenters. The predicted octanol–water partition coefficient (Wildman–Crippen LogP) is 0.00830. The molecule has 1 aliphatic rings. The van der Waals surface area contributed by atoms with Crippen molar-refractivity contribution in [3.05, 3.63) is 18.2 Å². The molecule has 0 bridgehead atoms. The Morgan fingerprint density at radius 1 is 1.67 bits per heavy atom. The van der Waals surface area contributed by atoms with Crippen LogP contribution in [0.25, 0.3) is 0 Å². The lowest BCUT2D eigenvalue weighted by Gasteiger charge is -1.86. The number of fused-ring (bicyclic) bond motifs is 1. The van der Waals surface area contributed by atoms with Gasteiger partial charge in [0.15, 0.2) is 5.78 Å². The van der Waals surface area contributed by atoms with Gasteiger partial charge in [-0.1, -0.05) is 0 Å². The SMILES string of the molecule is O=C1Cc2nccn2C1. The highest BCUT2D eigenvalue weighted by Gasteiger charge is 2.17. The van der Waals surface area contributed by atoms with Gasteiger partial charge in [0.1, 0.15) is 5.82 Å². The van der Waals surface area contributed by atoms with E-state index in [1.54, 1.807) is 6.20 Å². The molecule has 46 valence electrons. The van der Waals surface area contributed by atoms with E-state index in [9.17, 15) is 4.79 Å². The van der Waals surface area contributed by atoms with Gasteiger partial charge in [-0.25, -0.2) is 4.98 Å². The lowest BCUT2D eigenvalue weighted by atomic mass is 10.3. The molecule has 0 aromatic carbocycles. The first-order valence-corrected chi connectivity index (χ1v) is 2.88. The minimum atomic E-state index is 0.262. The summed E-state index contributed by atoms with van der Waals surface area (Å²) in [6.07, 6.45) is 4.08. The zero-order valence-electron chi connectivity index (χ0n) is 4.87. The van der Waals surface area contributed by atoms with Crippen molar-refractivity contribution in [2.45, 2.75) is 13.0 Å². The van der Waals surface area contributed by atoms with Crippen molar-refractivity contribution in [2.75, 3.05) is 0 Å². The number of aromatic nitrogens is 2. The molecule has 0 aliphatic carbocycles. The Labute approximate surface area is 52.3 Å². The molecule has 1 aromatic heterocycles. The third kappa shape index (κ3) is 0.575. The molecular formula is C6H6N2O. The molecule has 0 fully saturated rings. The predicted molar refractivity (Wildman–Crippen MR) is 30.9 cm³/mol. The standard InChI is InChI=1S/C6H6N2O/c9-5-3-6-7-1-2-8(6)4-5/h1-2H,3-4H2. The summed E-state index contributed by atoms with van der Waals surface area (Å²) in [7, 11) is 0. The first kappa shape index (κ1) is 4.73. The highest BCUT2D eigenvalue weighted by molar-refractivity contribution is 5.82. The molecule has 2 heterocycles. The van der Waals surface area contributed by atoms with Gasteiger partial charge >= 0.3 is 0 Å². The summed E-state index contributed by atoms with van der Waals surface area (Å²) in [6.45, 7) is 0.523. The van der Waals surface area contributed by atoms with Gasteiger partial charge < -0.3 is 4.57 Å². The van der Waals surface area contributed by atoms with Crippen molar-refractivity contribution in [1.29, 1.82) is 0 Å². The second kappa shape index (κ2) is 1.43. The zero-order chi connectivity index (χ0) is 6.27. The molecular weight excluding hydrogens is 116 g/mol. The summed E-state index contributed by atoms with van der Waals surface area (Å²) in [4.78, 5) is 14.7. The molecule has 3 heteroatoms. The van der Waals surface area contributed by atoms with E-state index >= 15 is 0 Å². The molecule has 0 radical (unpaired) electrons. The maximum atomic E-state index is 10.7. The van der Waals surface area contributed by atoms with Crippen molar-refractivity contribution < 1.29 is 4.79 Å². The fourth-order valence-corrected chi connectivity index (χ4v) is 1.07. The van der Waals surface area contributed by atoms with E-state index in [-0.39, 0.29) is 5.78 Å². The van der Waals surface area contributed by atoms with Gasteiger partial charge in [-0.05, 0) is 0 Å². The molecule has 0 atom stereocenters. The third-order valence-corrected chi connectivity index (χ3v) is 1.50. The second-order valence-corrected chi connectivity index (χ2v) is 2.19. The minimum Gasteiger partial charge on any atom is -0.327 e. The fourth-order valence-electron chi connectivity index (χ4n) is 1.07. The van der Waals surface area contributed by atoms with E-state index in [0.717, 1.165) is 5.82 Å². The number of carbonyl (C=O) groups is 1. The van der Waals surface area contributed by atoms with Gasteiger partial charge in [-0.3, -0.25) is 4.79 Å². The van der Waals surface area contributed by atoms with Crippen LogP contribution in [0.3, 0.4) is 0 Å². The van der Waals surface area contributed by atoms with Gasteiger partial charge in [0, 0.05) is 12.4 Å². The Bertz CT molecular complexity index is 229. The number of Topliss-reactive ketones (excluding diaryl/α,β-unsaturated/α-hetero) is 1. The molecule has 9 heavy (non-hydrogen) atoms. The van der Waals surface area contributed by atoms with E-state index in [0.29, 0.717) is 13.0 Å². The Morgan fingerprint density at radius 2 is 2.56 bits per heavy atom. The summed E-state index contributed by atoms with van der Waals surface area (Å²) < 4.78 is 1.88. The van der Waals surface area contributed by atoms with Gasteiger partial charge in [0.25, 0.3) is 0 Å². The van der Waals surface area contributed by atoms with Crippen molar-refractivity contribution in [3.63, 3.8) is 0 Å². The molecule has 0 saturated carbocycles. The zero-order valence-corrected chi connectivity index (χ0v) is 4.87. The molecule has 0 saturated heterocycles. The fraction of sp³-hybridized carbons (Fsp3) is 0.333. The highest BCUT2D eigenvalue weighted by Crippen LogP contribution is 2.07. The van der Waals surface area contributed by atoms with Crippen LogP contribution in [0, 0.1) is 0 Å². The van der Waals surface area contributed by atoms with E-state index < -0.39 is 0 Å². The van der Waals surface area contributed by atoms with E-state index in [1.165, 1.54) is 0 Å². The maximum Gasteiger partial charge on any atom is 0.160 e. The van der Waals surface area contributed by atoms with Crippen LogP contribution in [-0.4, -0.2) is 15.3 Å². The quantitative estimate of drug-likeness (QED) is 0.485. The van der Waals surface area contributed by atoms with Crippen LogP contribution in [0.5, 0.6) is 0 Å². The molecule has 1 aliphatic heterocycles. The third-order valence-electron chi connectivity index (χ3n) is 1.50. The Morgan fingerprint density at radius 3 is 3.33 bits per heavy atom. The highest BCUT2D eigenvalue weighted by atomic mass is 16.1. The van der Waals surface area contributed by atoms with Crippen LogP contribution in [0.4, 0.5) is 0 Å².